The van der Waals surface area contributed by atoms with Crippen LogP contribution in [-0.4, -0.2) is 14.5 Å². The highest BCUT2D eigenvalue weighted by Crippen LogP contribution is 2.12. The highest BCUT2D eigenvalue weighted by atomic mass is 15.0. The molecule has 2 aromatic heterocycles. The number of H-pyrrole nitrogens is 1. The minimum Gasteiger partial charge on any atom is -0.351 e. The van der Waals surface area contributed by atoms with E-state index in [9.17, 15) is 0 Å². The third-order valence-electron chi connectivity index (χ3n) is 3.05. The molecule has 0 amide bonds. The summed E-state index contributed by atoms with van der Waals surface area (Å²) < 4.78 is 2.25. The third kappa shape index (κ3) is 2.77. The highest BCUT2D eigenvalue weighted by Gasteiger charge is 2.11. The molecule has 4 nitrogen and oxygen atoms in total. The second-order valence-electron chi connectivity index (χ2n) is 4.10. The molecule has 0 saturated heterocycles. The monoisotopic (exact) mass is 232 g/mol. The molecule has 0 fully saturated rings. The summed E-state index contributed by atoms with van der Waals surface area (Å²) in [6.07, 6.45) is 6.81. The number of aromatic amines is 1. The predicted molar refractivity (Wildman–Crippen MR) is 68.6 cm³/mol. The number of nitrogens with zero attached hydrogens (tertiary/aromatic N) is 2. The molecule has 2 aromatic rings. The molecular formula is C13H20N4. The molecule has 17 heavy (non-hydrogen) atoms. The quantitative estimate of drug-likeness (QED) is 0.803. The average molecular weight is 232 g/mol. The lowest BCUT2D eigenvalue weighted by Gasteiger charge is -2.15. The predicted octanol–water partition coefficient (Wildman–Crippen LogP) is 2.47. The molecular weight excluding hydrogens is 212 g/mol. The van der Waals surface area contributed by atoms with Crippen LogP contribution < -0.4 is 5.32 Å². The molecule has 0 aliphatic rings. The van der Waals surface area contributed by atoms with Gasteiger partial charge in [0.1, 0.15) is 5.82 Å². The zero-order valence-corrected chi connectivity index (χ0v) is 10.5. The first kappa shape index (κ1) is 11.9. The van der Waals surface area contributed by atoms with Crippen molar-refractivity contribution in [3.8, 4) is 0 Å². The Morgan fingerprint density at radius 2 is 2.35 bits per heavy atom. The van der Waals surface area contributed by atoms with Crippen LogP contribution in [-0.2, 0) is 13.1 Å². The molecule has 92 valence electrons. The SMILES string of the molecule is CCC(NCc1cccn1CC)c1ncc[nH]1. The van der Waals surface area contributed by atoms with E-state index in [1.54, 1.807) is 6.20 Å². The summed E-state index contributed by atoms with van der Waals surface area (Å²) in [5.74, 6) is 1.02. The van der Waals surface area contributed by atoms with Crippen molar-refractivity contribution in [2.24, 2.45) is 0 Å². The number of hydrogen-bond donors (Lipinski definition) is 2. The Balaban J connectivity index is 1.97. The van der Waals surface area contributed by atoms with Gasteiger partial charge in [-0.25, -0.2) is 4.98 Å². The molecule has 0 aliphatic heterocycles. The third-order valence-corrected chi connectivity index (χ3v) is 3.05. The fourth-order valence-corrected chi connectivity index (χ4v) is 2.05. The van der Waals surface area contributed by atoms with Crippen LogP contribution in [0.25, 0.3) is 0 Å². The summed E-state index contributed by atoms with van der Waals surface area (Å²) in [6.45, 7) is 6.22. The van der Waals surface area contributed by atoms with E-state index in [-0.39, 0.29) is 0 Å². The van der Waals surface area contributed by atoms with E-state index in [2.05, 4.69) is 52.0 Å². The van der Waals surface area contributed by atoms with Crippen molar-refractivity contribution in [3.05, 3.63) is 42.2 Å². The Kier molecular flexibility index (Phi) is 3.98. The summed E-state index contributed by atoms with van der Waals surface area (Å²) in [5.41, 5.74) is 1.32. The first-order valence-electron chi connectivity index (χ1n) is 6.21. The maximum atomic E-state index is 4.31. The Bertz CT molecular complexity index is 430. The fourth-order valence-electron chi connectivity index (χ4n) is 2.05. The smallest absolute Gasteiger partial charge is 0.123 e. The fraction of sp³-hybridized carbons (Fsp3) is 0.462. The van der Waals surface area contributed by atoms with Gasteiger partial charge in [0.2, 0.25) is 0 Å². The van der Waals surface area contributed by atoms with Gasteiger partial charge in [0.25, 0.3) is 0 Å². The molecule has 0 radical (unpaired) electrons. The first-order valence-corrected chi connectivity index (χ1v) is 6.21. The number of nitrogens with one attached hydrogen (secondary N) is 2. The summed E-state index contributed by atoms with van der Waals surface area (Å²) in [4.78, 5) is 7.47. The number of aromatic nitrogens is 3. The second-order valence-corrected chi connectivity index (χ2v) is 4.10. The van der Waals surface area contributed by atoms with E-state index in [1.165, 1.54) is 5.69 Å². The van der Waals surface area contributed by atoms with Crippen LogP contribution in [0.2, 0.25) is 0 Å². The van der Waals surface area contributed by atoms with E-state index in [1.807, 2.05) is 6.20 Å². The van der Waals surface area contributed by atoms with E-state index in [0.717, 1.165) is 25.3 Å². The van der Waals surface area contributed by atoms with Gasteiger partial charge in [0.15, 0.2) is 0 Å². The van der Waals surface area contributed by atoms with Crippen molar-refractivity contribution in [2.45, 2.75) is 39.4 Å². The van der Waals surface area contributed by atoms with E-state index < -0.39 is 0 Å². The number of imidazole rings is 1. The molecule has 2 rings (SSSR count). The van der Waals surface area contributed by atoms with Crippen molar-refractivity contribution in [3.63, 3.8) is 0 Å². The first-order chi connectivity index (χ1) is 8.35. The van der Waals surface area contributed by atoms with Crippen molar-refractivity contribution in [2.75, 3.05) is 0 Å². The molecule has 0 saturated carbocycles. The maximum absolute atomic E-state index is 4.31. The Morgan fingerprint density at radius 1 is 1.47 bits per heavy atom. The summed E-state index contributed by atoms with van der Waals surface area (Å²) >= 11 is 0. The molecule has 4 heteroatoms. The minimum atomic E-state index is 0.296. The molecule has 1 unspecified atom stereocenters. The number of hydrogen-bond acceptors (Lipinski definition) is 2. The van der Waals surface area contributed by atoms with Crippen molar-refractivity contribution < 1.29 is 0 Å². The molecule has 0 spiro atoms. The zero-order valence-electron chi connectivity index (χ0n) is 10.5. The lowest BCUT2D eigenvalue weighted by molar-refractivity contribution is 0.485. The zero-order chi connectivity index (χ0) is 12.1. The van der Waals surface area contributed by atoms with Crippen LogP contribution in [0.3, 0.4) is 0 Å². The number of rotatable bonds is 6. The van der Waals surface area contributed by atoms with E-state index >= 15 is 0 Å². The van der Waals surface area contributed by atoms with Crippen molar-refractivity contribution >= 4 is 0 Å². The largest absolute Gasteiger partial charge is 0.351 e. The molecule has 2 N–H and O–H groups in total. The lowest BCUT2D eigenvalue weighted by atomic mass is 10.2. The van der Waals surface area contributed by atoms with Crippen LogP contribution in [0, 0.1) is 0 Å². The normalized spacial score (nSPS) is 12.8. The maximum Gasteiger partial charge on any atom is 0.123 e. The van der Waals surface area contributed by atoms with Gasteiger partial charge >= 0.3 is 0 Å². The lowest BCUT2D eigenvalue weighted by Crippen LogP contribution is -2.22. The van der Waals surface area contributed by atoms with Crippen LogP contribution in [0.4, 0.5) is 0 Å². The van der Waals surface area contributed by atoms with Crippen LogP contribution >= 0.6 is 0 Å². The van der Waals surface area contributed by atoms with Gasteiger partial charge in [-0.2, -0.15) is 0 Å². The van der Waals surface area contributed by atoms with Gasteiger partial charge in [-0.1, -0.05) is 6.92 Å². The van der Waals surface area contributed by atoms with Gasteiger partial charge < -0.3 is 14.9 Å². The molecule has 2 heterocycles. The van der Waals surface area contributed by atoms with E-state index in [4.69, 9.17) is 0 Å². The minimum absolute atomic E-state index is 0.296. The molecule has 0 bridgehead atoms. The Hall–Kier alpha value is -1.55. The van der Waals surface area contributed by atoms with Gasteiger partial charge in [-0.05, 0) is 25.5 Å². The Labute approximate surface area is 102 Å². The van der Waals surface area contributed by atoms with Gasteiger partial charge in [0, 0.05) is 37.4 Å². The topological polar surface area (TPSA) is 45.6 Å². The summed E-state index contributed by atoms with van der Waals surface area (Å²) in [7, 11) is 0. The van der Waals surface area contributed by atoms with Crippen LogP contribution in [0.1, 0.15) is 37.8 Å². The summed E-state index contributed by atoms with van der Waals surface area (Å²) in [6, 6.07) is 4.55. The molecule has 0 aliphatic carbocycles. The molecule has 1 atom stereocenters. The van der Waals surface area contributed by atoms with E-state index in [0.29, 0.717) is 6.04 Å². The standard InChI is InChI=1S/C13H20N4/c1-3-12(13-14-7-8-15-13)16-10-11-6-5-9-17(11)4-2/h5-9,12,16H,3-4,10H2,1-2H3,(H,14,15). The second kappa shape index (κ2) is 5.68. The highest BCUT2D eigenvalue weighted by molar-refractivity contribution is 5.07. The average Bonchev–Trinajstić information content (AvgIpc) is 2.99. The van der Waals surface area contributed by atoms with Crippen LogP contribution in [0.5, 0.6) is 0 Å². The van der Waals surface area contributed by atoms with Crippen LogP contribution in [0.15, 0.2) is 30.7 Å². The van der Waals surface area contributed by atoms with Crippen molar-refractivity contribution in [1.29, 1.82) is 0 Å². The van der Waals surface area contributed by atoms with Gasteiger partial charge in [-0.15, -0.1) is 0 Å². The summed E-state index contributed by atoms with van der Waals surface area (Å²) in [5, 5.41) is 3.53. The Morgan fingerprint density at radius 3 is 3.00 bits per heavy atom. The number of aryl methyl sites for hydroxylation is 1. The van der Waals surface area contributed by atoms with Gasteiger partial charge in [-0.3, -0.25) is 0 Å². The van der Waals surface area contributed by atoms with Gasteiger partial charge in [0.05, 0.1) is 6.04 Å². The van der Waals surface area contributed by atoms with Crippen molar-refractivity contribution in [1.82, 2.24) is 19.9 Å². The molecule has 0 aromatic carbocycles.